The van der Waals surface area contributed by atoms with E-state index in [-0.39, 0.29) is 41.1 Å². The van der Waals surface area contributed by atoms with Gasteiger partial charge in [0.2, 0.25) is 5.75 Å². The van der Waals surface area contributed by atoms with Crippen LogP contribution in [0.3, 0.4) is 0 Å². The first-order valence-corrected chi connectivity index (χ1v) is 6.67. The van der Waals surface area contributed by atoms with Crippen LogP contribution in [0.15, 0.2) is 12.1 Å². The second-order valence-electron chi connectivity index (χ2n) is 4.30. The van der Waals surface area contributed by atoms with E-state index in [1.807, 2.05) is 7.05 Å². The molecule has 0 saturated carbocycles. The molecule has 0 aromatic heterocycles. The predicted octanol–water partition coefficient (Wildman–Crippen LogP) is 2.07. The van der Waals surface area contributed by atoms with Gasteiger partial charge in [0.05, 0.1) is 14.2 Å². The Kier molecular flexibility index (Phi) is 10.00. The maximum absolute atomic E-state index is 12.4. The zero-order valence-corrected chi connectivity index (χ0v) is 14.0. The van der Waals surface area contributed by atoms with E-state index < -0.39 is 6.61 Å². The summed E-state index contributed by atoms with van der Waals surface area (Å²) in [5, 5.41) is 5.68. The monoisotopic (exact) mass is 354 g/mol. The number of ether oxygens (including phenoxy) is 3. The van der Waals surface area contributed by atoms with E-state index >= 15 is 0 Å². The van der Waals surface area contributed by atoms with E-state index in [0.717, 1.165) is 13.0 Å². The number of hydrogen-bond donors (Lipinski definition) is 2. The highest BCUT2D eigenvalue weighted by Gasteiger charge is 2.20. The minimum atomic E-state index is -3.02. The summed E-state index contributed by atoms with van der Waals surface area (Å²) in [6, 6.07) is 2.65. The van der Waals surface area contributed by atoms with Crippen LogP contribution in [0.5, 0.6) is 17.2 Å². The molecular formula is C14H21ClF2N2O4. The zero-order valence-electron chi connectivity index (χ0n) is 13.2. The molecule has 23 heavy (non-hydrogen) atoms. The minimum absolute atomic E-state index is 0. The fourth-order valence-corrected chi connectivity index (χ4v) is 1.79. The van der Waals surface area contributed by atoms with Crippen LogP contribution in [0.1, 0.15) is 16.8 Å². The number of methoxy groups -OCH3 is 2. The third kappa shape index (κ3) is 6.45. The topological polar surface area (TPSA) is 68.8 Å². The molecule has 1 rings (SSSR count). The van der Waals surface area contributed by atoms with Gasteiger partial charge in [0, 0.05) is 12.1 Å². The highest BCUT2D eigenvalue weighted by atomic mass is 35.5. The van der Waals surface area contributed by atoms with Gasteiger partial charge in [-0.1, -0.05) is 0 Å². The lowest BCUT2D eigenvalue weighted by atomic mass is 10.1. The molecule has 0 radical (unpaired) electrons. The van der Waals surface area contributed by atoms with E-state index in [1.165, 1.54) is 26.4 Å². The predicted molar refractivity (Wildman–Crippen MR) is 84.3 cm³/mol. The Bertz CT molecular complexity index is 479. The molecule has 0 bridgehead atoms. The fourth-order valence-electron chi connectivity index (χ4n) is 1.79. The molecule has 0 unspecified atom stereocenters. The molecule has 1 aromatic rings. The van der Waals surface area contributed by atoms with Crippen molar-refractivity contribution >= 4 is 18.3 Å². The van der Waals surface area contributed by atoms with Crippen LogP contribution in [-0.2, 0) is 0 Å². The van der Waals surface area contributed by atoms with Crippen LogP contribution >= 0.6 is 12.4 Å². The second kappa shape index (κ2) is 10.8. The Morgan fingerprint density at radius 3 is 2.17 bits per heavy atom. The summed E-state index contributed by atoms with van der Waals surface area (Å²) < 4.78 is 39.2. The van der Waals surface area contributed by atoms with Crippen molar-refractivity contribution in [1.29, 1.82) is 0 Å². The average molecular weight is 355 g/mol. The van der Waals surface area contributed by atoms with Crippen molar-refractivity contribution in [2.75, 3.05) is 34.4 Å². The van der Waals surface area contributed by atoms with Gasteiger partial charge in [-0.2, -0.15) is 8.78 Å². The van der Waals surface area contributed by atoms with E-state index in [2.05, 4.69) is 15.4 Å². The SMILES string of the molecule is CNCCCNC(=O)c1cc(OC)c(OC(F)F)c(OC)c1.Cl. The maximum atomic E-state index is 12.4. The normalized spacial score (nSPS) is 10.0. The molecule has 132 valence electrons. The first-order chi connectivity index (χ1) is 10.5. The molecule has 0 aliphatic rings. The summed E-state index contributed by atoms with van der Waals surface area (Å²) in [6.45, 7) is -1.77. The van der Waals surface area contributed by atoms with E-state index in [1.54, 1.807) is 0 Å². The number of benzene rings is 1. The molecule has 0 aliphatic heterocycles. The van der Waals surface area contributed by atoms with E-state index in [9.17, 15) is 13.6 Å². The second-order valence-corrected chi connectivity index (χ2v) is 4.30. The number of carbonyl (C=O) groups is 1. The highest BCUT2D eigenvalue weighted by Crippen LogP contribution is 2.39. The van der Waals surface area contributed by atoms with Crippen LogP contribution in [0.4, 0.5) is 8.78 Å². The van der Waals surface area contributed by atoms with Crippen molar-refractivity contribution in [3.05, 3.63) is 17.7 Å². The van der Waals surface area contributed by atoms with Gasteiger partial charge in [-0.15, -0.1) is 12.4 Å². The van der Waals surface area contributed by atoms with Gasteiger partial charge in [-0.25, -0.2) is 0 Å². The number of alkyl halides is 2. The number of rotatable bonds is 9. The number of hydrogen-bond acceptors (Lipinski definition) is 5. The van der Waals surface area contributed by atoms with Crippen molar-refractivity contribution in [3.8, 4) is 17.2 Å². The quantitative estimate of drug-likeness (QED) is 0.664. The van der Waals surface area contributed by atoms with Crippen molar-refractivity contribution in [1.82, 2.24) is 10.6 Å². The molecule has 0 atom stereocenters. The average Bonchev–Trinajstić information content (AvgIpc) is 2.50. The van der Waals surface area contributed by atoms with Gasteiger partial charge < -0.3 is 24.8 Å². The summed E-state index contributed by atoms with van der Waals surface area (Å²) in [5.74, 6) is -0.594. The first-order valence-electron chi connectivity index (χ1n) is 6.67. The molecule has 0 saturated heterocycles. The standard InChI is InChI=1S/C14H20F2N2O4.ClH/c1-17-5-4-6-18-13(19)9-7-10(20-2)12(22-14(15)16)11(8-9)21-3;/h7-8,14,17H,4-6H2,1-3H3,(H,18,19);1H. The Hall–Kier alpha value is -1.80. The summed E-state index contributed by atoms with van der Waals surface area (Å²) in [6.07, 6.45) is 0.767. The Morgan fingerprint density at radius 1 is 1.17 bits per heavy atom. The van der Waals surface area contributed by atoms with Crippen molar-refractivity contribution in [2.45, 2.75) is 13.0 Å². The van der Waals surface area contributed by atoms with Crippen molar-refractivity contribution in [2.24, 2.45) is 0 Å². The van der Waals surface area contributed by atoms with Crippen LogP contribution in [0, 0.1) is 0 Å². The minimum Gasteiger partial charge on any atom is -0.493 e. The smallest absolute Gasteiger partial charge is 0.387 e. The Labute approximate surface area is 139 Å². The molecule has 1 aromatic carbocycles. The van der Waals surface area contributed by atoms with E-state index in [0.29, 0.717) is 6.54 Å². The summed E-state index contributed by atoms with van der Waals surface area (Å²) >= 11 is 0. The molecule has 9 heteroatoms. The molecule has 0 aliphatic carbocycles. The molecular weight excluding hydrogens is 334 g/mol. The summed E-state index contributed by atoms with van der Waals surface area (Å²) in [4.78, 5) is 12.0. The molecule has 1 amide bonds. The van der Waals surface area contributed by atoms with Gasteiger partial charge in [-0.3, -0.25) is 4.79 Å². The van der Waals surface area contributed by atoms with Crippen LogP contribution in [-0.4, -0.2) is 46.9 Å². The number of halogens is 3. The van der Waals surface area contributed by atoms with Gasteiger partial charge in [0.25, 0.3) is 5.91 Å². The van der Waals surface area contributed by atoms with Crippen molar-refractivity contribution < 1.29 is 27.8 Å². The third-order valence-corrected chi connectivity index (χ3v) is 2.82. The summed E-state index contributed by atoms with van der Waals surface area (Å²) in [7, 11) is 4.41. The van der Waals surface area contributed by atoms with Gasteiger partial charge in [0.1, 0.15) is 0 Å². The van der Waals surface area contributed by atoms with Gasteiger partial charge >= 0.3 is 6.61 Å². The highest BCUT2D eigenvalue weighted by molar-refractivity contribution is 5.95. The Morgan fingerprint density at radius 2 is 1.74 bits per heavy atom. The first kappa shape index (κ1) is 21.2. The summed E-state index contributed by atoms with van der Waals surface area (Å²) in [5.41, 5.74) is 0.236. The number of nitrogens with one attached hydrogen (secondary N) is 2. The van der Waals surface area contributed by atoms with Gasteiger partial charge in [0.15, 0.2) is 11.5 Å². The van der Waals surface area contributed by atoms with Crippen LogP contribution < -0.4 is 24.8 Å². The van der Waals surface area contributed by atoms with E-state index in [4.69, 9.17) is 9.47 Å². The lowest BCUT2D eigenvalue weighted by Gasteiger charge is -2.15. The largest absolute Gasteiger partial charge is 0.493 e. The Balaban J connectivity index is 0.00000484. The number of carbonyl (C=O) groups excluding carboxylic acids is 1. The maximum Gasteiger partial charge on any atom is 0.387 e. The zero-order chi connectivity index (χ0) is 16.5. The molecule has 0 spiro atoms. The number of amides is 1. The molecule has 0 heterocycles. The fraction of sp³-hybridized carbons (Fsp3) is 0.500. The lowest BCUT2D eigenvalue weighted by molar-refractivity contribution is -0.0526. The van der Waals surface area contributed by atoms with Crippen LogP contribution in [0.2, 0.25) is 0 Å². The molecule has 6 nitrogen and oxygen atoms in total. The van der Waals surface area contributed by atoms with Gasteiger partial charge in [-0.05, 0) is 32.1 Å². The molecule has 0 fully saturated rings. The lowest BCUT2D eigenvalue weighted by Crippen LogP contribution is -2.26. The molecule has 2 N–H and O–H groups in total. The third-order valence-electron chi connectivity index (χ3n) is 2.82. The van der Waals surface area contributed by atoms with Crippen molar-refractivity contribution in [3.63, 3.8) is 0 Å². The van der Waals surface area contributed by atoms with Crippen LogP contribution in [0.25, 0.3) is 0 Å².